The van der Waals surface area contributed by atoms with Crippen LogP contribution in [0.1, 0.15) is 29.5 Å². The molecule has 0 aromatic heterocycles. The molecule has 1 fully saturated rings. The Kier molecular flexibility index (Phi) is 4.31. The van der Waals surface area contributed by atoms with E-state index in [4.69, 9.17) is 5.73 Å². The summed E-state index contributed by atoms with van der Waals surface area (Å²) in [6, 6.07) is 9.06. The Hall–Kier alpha value is -0.980. The summed E-state index contributed by atoms with van der Waals surface area (Å²) in [5, 5.41) is 9.58. The van der Waals surface area contributed by atoms with Gasteiger partial charge in [-0.2, -0.15) is 17.0 Å². The zero-order valence-electron chi connectivity index (χ0n) is 10.9. The molecule has 18 heavy (non-hydrogen) atoms. The van der Waals surface area contributed by atoms with Gasteiger partial charge in [-0.25, -0.2) is 0 Å². The summed E-state index contributed by atoms with van der Waals surface area (Å²) in [4.78, 5) is 0. The fraction of sp³-hybridized carbons (Fsp3) is 0.533. The molecule has 0 spiro atoms. The minimum absolute atomic E-state index is 0.253. The molecule has 1 aliphatic heterocycles. The van der Waals surface area contributed by atoms with Crippen molar-refractivity contribution in [2.75, 3.05) is 18.1 Å². The first-order valence-corrected chi connectivity index (χ1v) is 7.66. The number of benzene rings is 1. The lowest BCUT2D eigenvalue weighted by atomic mass is 9.76. The lowest BCUT2D eigenvalue weighted by Crippen LogP contribution is -2.29. The number of aryl methyl sites for hydroxylation is 1. The van der Waals surface area contributed by atoms with Crippen molar-refractivity contribution in [2.24, 2.45) is 5.73 Å². The smallest absolute Gasteiger partial charge is 0.0838 e. The average molecular weight is 260 g/mol. The number of thioether (sulfide) groups is 1. The molecule has 1 heterocycles. The maximum absolute atomic E-state index is 9.58. The average Bonchev–Trinajstić information content (AvgIpc) is 2.42. The quantitative estimate of drug-likeness (QED) is 0.909. The Morgan fingerprint density at radius 2 is 2.11 bits per heavy atom. The Bertz CT molecular complexity index is 456. The van der Waals surface area contributed by atoms with Gasteiger partial charge in [-0.15, -0.1) is 0 Å². The van der Waals surface area contributed by atoms with Crippen molar-refractivity contribution in [3.63, 3.8) is 0 Å². The van der Waals surface area contributed by atoms with E-state index in [1.807, 2.05) is 11.8 Å². The van der Waals surface area contributed by atoms with Crippen LogP contribution in [0.5, 0.6) is 0 Å². The molecule has 1 aliphatic rings. The largest absolute Gasteiger partial charge is 0.330 e. The number of nitrogens with zero attached hydrogens (tertiary/aromatic N) is 1. The molecule has 2 N–H and O–H groups in total. The summed E-state index contributed by atoms with van der Waals surface area (Å²) in [7, 11) is 0. The summed E-state index contributed by atoms with van der Waals surface area (Å²) in [5.74, 6) is 2.19. The van der Waals surface area contributed by atoms with Crippen LogP contribution in [0.25, 0.3) is 0 Å². The molecule has 0 bridgehead atoms. The van der Waals surface area contributed by atoms with Crippen LogP contribution in [0.3, 0.4) is 0 Å². The fourth-order valence-corrected chi connectivity index (χ4v) is 3.80. The monoisotopic (exact) mass is 260 g/mol. The Labute approximate surface area is 114 Å². The van der Waals surface area contributed by atoms with Gasteiger partial charge >= 0.3 is 0 Å². The summed E-state index contributed by atoms with van der Waals surface area (Å²) < 4.78 is 0. The van der Waals surface area contributed by atoms with Crippen LogP contribution >= 0.6 is 11.8 Å². The van der Waals surface area contributed by atoms with Gasteiger partial charge in [0.25, 0.3) is 0 Å². The number of nitrogens with two attached hydrogens (primary N) is 1. The third-order valence-electron chi connectivity index (χ3n) is 3.87. The SMILES string of the molecule is Cc1cc(C2(C#N)CCSCC2)ccc1CCN. The molecule has 1 aromatic rings. The zero-order chi connectivity index (χ0) is 13.0. The maximum Gasteiger partial charge on any atom is 0.0838 e. The second kappa shape index (κ2) is 5.77. The fourth-order valence-electron chi connectivity index (χ4n) is 2.61. The summed E-state index contributed by atoms with van der Waals surface area (Å²) in [6.07, 6.45) is 2.87. The molecule has 1 aromatic carbocycles. The summed E-state index contributed by atoms with van der Waals surface area (Å²) in [6.45, 7) is 2.80. The van der Waals surface area contributed by atoms with Gasteiger partial charge in [-0.05, 0) is 60.9 Å². The second-order valence-corrected chi connectivity index (χ2v) is 6.21. The molecule has 3 heteroatoms. The molecule has 0 radical (unpaired) electrons. The highest BCUT2D eigenvalue weighted by molar-refractivity contribution is 7.99. The van der Waals surface area contributed by atoms with E-state index < -0.39 is 0 Å². The molecule has 96 valence electrons. The third-order valence-corrected chi connectivity index (χ3v) is 4.85. The number of rotatable bonds is 3. The van der Waals surface area contributed by atoms with E-state index in [1.54, 1.807) is 0 Å². The normalized spacial score (nSPS) is 18.3. The van der Waals surface area contributed by atoms with Crippen LogP contribution < -0.4 is 5.73 Å². The van der Waals surface area contributed by atoms with Gasteiger partial charge in [0.05, 0.1) is 11.5 Å². The van der Waals surface area contributed by atoms with Crippen molar-refractivity contribution in [2.45, 2.75) is 31.6 Å². The highest BCUT2D eigenvalue weighted by Gasteiger charge is 2.34. The Morgan fingerprint density at radius 3 is 2.67 bits per heavy atom. The van der Waals surface area contributed by atoms with E-state index in [0.717, 1.165) is 30.8 Å². The molecule has 0 unspecified atom stereocenters. The van der Waals surface area contributed by atoms with Crippen LogP contribution in [-0.2, 0) is 11.8 Å². The summed E-state index contributed by atoms with van der Waals surface area (Å²) >= 11 is 1.96. The van der Waals surface area contributed by atoms with Gasteiger partial charge in [-0.3, -0.25) is 0 Å². The van der Waals surface area contributed by atoms with E-state index in [9.17, 15) is 5.26 Å². The molecule has 1 saturated heterocycles. The third kappa shape index (κ3) is 2.55. The highest BCUT2D eigenvalue weighted by atomic mass is 32.2. The first-order chi connectivity index (χ1) is 8.72. The first-order valence-electron chi connectivity index (χ1n) is 6.51. The lowest BCUT2D eigenvalue weighted by Gasteiger charge is -2.31. The molecule has 2 rings (SSSR count). The van der Waals surface area contributed by atoms with Crippen molar-refractivity contribution in [3.8, 4) is 6.07 Å². The van der Waals surface area contributed by atoms with Crippen LogP contribution in [0.4, 0.5) is 0 Å². The van der Waals surface area contributed by atoms with Crippen molar-refractivity contribution >= 4 is 11.8 Å². The Morgan fingerprint density at radius 1 is 1.39 bits per heavy atom. The van der Waals surface area contributed by atoms with E-state index in [0.29, 0.717) is 6.54 Å². The van der Waals surface area contributed by atoms with E-state index in [2.05, 4.69) is 31.2 Å². The van der Waals surface area contributed by atoms with Crippen molar-refractivity contribution in [1.82, 2.24) is 0 Å². The van der Waals surface area contributed by atoms with Gasteiger partial charge in [0.2, 0.25) is 0 Å². The summed E-state index contributed by atoms with van der Waals surface area (Å²) in [5.41, 5.74) is 9.13. The minimum atomic E-state index is -0.253. The van der Waals surface area contributed by atoms with E-state index in [1.165, 1.54) is 16.7 Å². The molecular formula is C15H20N2S. The minimum Gasteiger partial charge on any atom is -0.330 e. The molecular weight excluding hydrogens is 240 g/mol. The molecule has 0 aliphatic carbocycles. The standard InChI is InChI=1S/C15H20N2S/c1-12-10-14(3-2-13(12)4-7-16)15(11-17)5-8-18-9-6-15/h2-3,10H,4-9,16H2,1H3. The highest BCUT2D eigenvalue weighted by Crippen LogP contribution is 2.38. The molecule has 0 amide bonds. The van der Waals surface area contributed by atoms with Crippen molar-refractivity contribution < 1.29 is 0 Å². The number of nitriles is 1. The molecule has 0 saturated carbocycles. The van der Waals surface area contributed by atoms with Crippen molar-refractivity contribution in [1.29, 1.82) is 5.26 Å². The predicted molar refractivity (Wildman–Crippen MR) is 77.8 cm³/mol. The molecule has 2 nitrogen and oxygen atoms in total. The zero-order valence-corrected chi connectivity index (χ0v) is 11.7. The van der Waals surface area contributed by atoms with Gasteiger partial charge in [-0.1, -0.05) is 18.2 Å². The first kappa shape index (κ1) is 13.5. The predicted octanol–water partition coefficient (Wildman–Crippen LogP) is 2.78. The van der Waals surface area contributed by atoms with E-state index in [-0.39, 0.29) is 5.41 Å². The van der Waals surface area contributed by atoms with Gasteiger partial charge in [0.15, 0.2) is 0 Å². The number of hydrogen-bond acceptors (Lipinski definition) is 3. The van der Waals surface area contributed by atoms with Crippen molar-refractivity contribution in [3.05, 3.63) is 34.9 Å². The maximum atomic E-state index is 9.58. The van der Waals surface area contributed by atoms with Crippen LogP contribution in [0, 0.1) is 18.3 Å². The second-order valence-electron chi connectivity index (χ2n) is 4.99. The van der Waals surface area contributed by atoms with Crippen LogP contribution in [0.2, 0.25) is 0 Å². The topological polar surface area (TPSA) is 49.8 Å². The van der Waals surface area contributed by atoms with Gasteiger partial charge in [0, 0.05) is 0 Å². The Balaban J connectivity index is 2.32. The van der Waals surface area contributed by atoms with E-state index >= 15 is 0 Å². The van der Waals surface area contributed by atoms with Crippen LogP contribution in [0.15, 0.2) is 18.2 Å². The van der Waals surface area contributed by atoms with Gasteiger partial charge in [0.1, 0.15) is 0 Å². The molecule has 0 atom stereocenters. The number of hydrogen-bond donors (Lipinski definition) is 1. The van der Waals surface area contributed by atoms with Crippen LogP contribution in [-0.4, -0.2) is 18.1 Å². The van der Waals surface area contributed by atoms with Gasteiger partial charge < -0.3 is 5.73 Å². The lowest BCUT2D eigenvalue weighted by molar-refractivity contribution is 0.507.